The minimum absolute atomic E-state index is 0.0348. The lowest BCUT2D eigenvalue weighted by Gasteiger charge is -2.23. The third kappa shape index (κ3) is 24.3. The Bertz CT molecular complexity index is 3160. The zero-order valence-corrected chi connectivity index (χ0v) is 54.5. The molecule has 14 heteroatoms. The topological polar surface area (TPSA) is 161 Å². The normalized spacial score (nSPS) is 11.8. The van der Waals surface area contributed by atoms with Crippen molar-refractivity contribution in [2.24, 2.45) is 10.2 Å². The van der Waals surface area contributed by atoms with E-state index in [2.05, 4.69) is 32.1 Å². The van der Waals surface area contributed by atoms with Gasteiger partial charge in [0.25, 0.3) is 0 Å². The van der Waals surface area contributed by atoms with Crippen molar-refractivity contribution in [3.05, 3.63) is 168 Å². The summed E-state index contributed by atoms with van der Waals surface area (Å²) in [5.74, 6) is 0.372. The average Bonchev–Trinajstić information content (AvgIpc) is 1.83. The number of carbonyl (C=O) groups excluding carboxylic acids is 2. The van der Waals surface area contributed by atoms with Crippen molar-refractivity contribution in [2.75, 3.05) is 32.2 Å². The van der Waals surface area contributed by atoms with Crippen LogP contribution in [0.25, 0.3) is 22.3 Å². The highest BCUT2D eigenvalue weighted by molar-refractivity contribution is 5.93. The van der Waals surface area contributed by atoms with Gasteiger partial charge in [0.1, 0.15) is 28.6 Å². The molecule has 6 aromatic carbocycles. The first kappa shape index (κ1) is 70.8. The summed E-state index contributed by atoms with van der Waals surface area (Å²) in [7, 11) is 3.73. The maximum Gasteiger partial charge on any atom is 0.343 e. The van der Waals surface area contributed by atoms with Crippen LogP contribution in [-0.2, 0) is 0 Å². The maximum atomic E-state index is 14.2. The van der Waals surface area contributed by atoms with E-state index >= 15 is 0 Å². The van der Waals surface area contributed by atoms with Gasteiger partial charge in [0, 0.05) is 32.3 Å². The van der Waals surface area contributed by atoms with Crippen molar-refractivity contribution in [2.45, 2.75) is 194 Å². The van der Waals surface area contributed by atoms with Crippen LogP contribution in [-0.4, -0.2) is 56.4 Å². The second-order valence-electron chi connectivity index (χ2n) is 23.6. The smallest absolute Gasteiger partial charge is 0.343 e. The van der Waals surface area contributed by atoms with Crippen LogP contribution in [0.1, 0.15) is 203 Å². The van der Waals surface area contributed by atoms with Crippen molar-refractivity contribution in [3.63, 3.8) is 0 Å². The highest BCUT2D eigenvalue weighted by Crippen LogP contribution is 2.45. The summed E-state index contributed by atoms with van der Waals surface area (Å²) in [6, 6.07) is 35.6. The first-order valence-electron chi connectivity index (χ1n) is 33.1. The van der Waals surface area contributed by atoms with E-state index in [9.17, 15) is 19.7 Å². The molecule has 0 N–H and O–H groups in total. The summed E-state index contributed by atoms with van der Waals surface area (Å²) in [5.41, 5.74) is 4.41. The molecule has 482 valence electrons. The Morgan fingerprint density at radius 1 is 0.489 bits per heavy atom. The number of carbonyl (C=O) groups is 2. The zero-order chi connectivity index (χ0) is 64.3. The van der Waals surface area contributed by atoms with Crippen LogP contribution < -0.4 is 33.3 Å². The molecule has 1 unspecified atom stereocenters. The van der Waals surface area contributed by atoms with Gasteiger partial charge in [-0.1, -0.05) is 164 Å². The molecule has 0 heterocycles. The summed E-state index contributed by atoms with van der Waals surface area (Å²) in [6.07, 6.45) is 29.5. The van der Waals surface area contributed by atoms with Crippen molar-refractivity contribution < 1.29 is 42.9 Å². The molecule has 6 rings (SSSR count). The molecule has 2 atom stereocenters. The van der Waals surface area contributed by atoms with Gasteiger partial charge >= 0.3 is 17.6 Å². The van der Waals surface area contributed by atoms with Crippen LogP contribution in [0.5, 0.6) is 34.5 Å². The Labute approximate surface area is 536 Å². The molecule has 0 spiro atoms. The molecule has 14 nitrogen and oxygen atoms in total. The van der Waals surface area contributed by atoms with E-state index < -0.39 is 22.5 Å². The molecular weight excluding hydrogens is 1130 g/mol. The number of esters is 2. The van der Waals surface area contributed by atoms with E-state index in [1.807, 2.05) is 106 Å². The summed E-state index contributed by atoms with van der Waals surface area (Å²) < 4.78 is 37.2. The van der Waals surface area contributed by atoms with Crippen LogP contribution in [0.4, 0.5) is 22.7 Å². The van der Waals surface area contributed by atoms with Crippen LogP contribution in [0.3, 0.4) is 0 Å². The Morgan fingerprint density at radius 3 is 1.32 bits per heavy atom. The number of benzene rings is 6. The van der Waals surface area contributed by atoms with E-state index in [0.717, 1.165) is 117 Å². The highest BCUT2D eigenvalue weighted by atomic mass is 16.6. The van der Waals surface area contributed by atoms with Gasteiger partial charge in [0.2, 0.25) is 5.75 Å². The molecule has 0 saturated carbocycles. The van der Waals surface area contributed by atoms with Gasteiger partial charge in [-0.05, 0) is 149 Å². The number of unbranched alkanes of at least 4 members (excludes halogenated alkanes) is 18. The quantitative estimate of drug-likeness (QED) is 0.00681. The molecule has 0 aromatic heterocycles. The van der Waals surface area contributed by atoms with E-state index in [0.29, 0.717) is 36.6 Å². The van der Waals surface area contributed by atoms with E-state index in [1.54, 1.807) is 48.5 Å². The monoisotopic (exact) mass is 1230 g/mol. The number of nitro benzene ring substituents is 1. The minimum Gasteiger partial charge on any atom is -0.494 e. The largest absolute Gasteiger partial charge is 0.494 e. The third-order valence-electron chi connectivity index (χ3n) is 15.8. The third-order valence-corrected chi connectivity index (χ3v) is 15.8. The Balaban J connectivity index is 1.25. The molecule has 0 amide bonds. The van der Waals surface area contributed by atoms with Crippen molar-refractivity contribution in [1.29, 1.82) is 0 Å². The predicted octanol–water partition coefficient (Wildman–Crippen LogP) is 21.9. The molecule has 0 fully saturated rings. The molecule has 6 aromatic rings. The van der Waals surface area contributed by atoms with Gasteiger partial charge in [-0.25, -0.2) is 9.59 Å². The number of nitro groups is 1. The van der Waals surface area contributed by atoms with Crippen LogP contribution in [0, 0.1) is 10.1 Å². The molecular formula is C76H98N4O10. The first-order valence-corrected chi connectivity index (χ1v) is 33.1. The number of nitrogens with zero attached hydrogens (tertiary/aromatic N) is 4. The van der Waals surface area contributed by atoms with E-state index in [4.69, 9.17) is 33.5 Å². The number of allylic oxidation sites excluding steroid dienone is 2. The Morgan fingerprint density at radius 2 is 0.867 bits per heavy atom. The SMILES string of the molecule is C=CCCCCCCCCOc1ccc(-c2ccc(C(=O)Oc3cc(N(C)C)c(O[C@@H](C)CCCCC=C)cc3N=Nc3cc(OC(=O)c4ccc(-c5ccc(OCCCCCCCCCC)cc5)cc4)c([N+](=O)[O-])cc3OC(C)CCCCCC)cc2)cc1. The number of hydrogen-bond acceptors (Lipinski definition) is 13. The van der Waals surface area contributed by atoms with Gasteiger partial charge in [0.15, 0.2) is 11.5 Å². The van der Waals surface area contributed by atoms with Crippen LogP contribution in [0.2, 0.25) is 0 Å². The Hall–Kier alpha value is -8.26. The minimum atomic E-state index is -0.817. The number of hydrogen-bond donors (Lipinski definition) is 0. The fourth-order valence-corrected chi connectivity index (χ4v) is 10.4. The van der Waals surface area contributed by atoms with Crippen LogP contribution in [0.15, 0.2) is 157 Å². The fourth-order valence-electron chi connectivity index (χ4n) is 10.4. The van der Waals surface area contributed by atoms with Crippen molar-refractivity contribution in [1.82, 2.24) is 0 Å². The molecule has 0 radical (unpaired) electrons. The lowest BCUT2D eigenvalue weighted by atomic mass is 10.0. The maximum absolute atomic E-state index is 14.2. The summed E-state index contributed by atoms with van der Waals surface area (Å²) in [5, 5.41) is 22.2. The van der Waals surface area contributed by atoms with Crippen molar-refractivity contribution >= 4 is 34.7 Å². The van der Waals surface area contributed by atoms with Gasteiger partial charge in [-0.15, -0.1) is 23.4 Å². The van der Waals surface area contributed by atoms with Gasteiger partial charge in [-0.3, -0.25) is 10.1 Å². The van der Waals surface area contributed by atoms with E-state index in [1.165, 1.54) is 76.3 Å². The molecule has 0 aliphatic heterocycles. The zero-order valence-electron chi connectivity index (χ0n) is 54.5. The lowest BCUT2D eigenvalue weighted by Crippen LogP contribution is -2.16. The predicted molar refractivity (Wildman–Crippen MR) is 365 cm³/mol. The molecule has 90 heavy (non-hydrogen) atoms. The van der Waals surface area contributed by atoms with E-state index in [-0.39, 0.29) is 46.4 Å². The number of anilines is 1. The molecule has 0 aliphatic carbocycles. The van der Waals surface area contributed by atoms with Gasteiger partial charge in [-0.2, -0.15) is 0 Å². The second kappa shape index (κ2) is 39.7. The van der Waals surface area contributed by atoms with Crippen molar-refractivity contribution in [3.8, 4) is 56.8 Å². The number of azo groups is 1. The summed E-state index contributed by atoms with van der Waals surface area (Å²) >= 11 is 0. The number of rotatable bonds is 44. The molecule has 0 bridgehead atoms. The highest BCUT2D eigenvalue weighted by Gasteiger charge is 2.26. The van der Waals surface area contributed by atoms with Crippen LogP contribution >= 0.6 is 0 Å². The molecule has 0 saturated heterocycles. The molecule has 0 aliphatic rings. The first-order chi connectivity index (χ1) is 43.8. The average molecular weight is 1230 g/mol. The number of ether oxygens (including phenoxy) is 6. The lowest BCUT2D eigenvalue weighted by molar-refractivity contribution is -0.385. The summed E-state index contributed by atoms with van der Waals surface area (Å²) in [4.78, 5) is 42.3. The Kier molecular flexibility index (Phi) is 31.2. The van der Waals surface area contributed by atoms with Gasteiger partial charge < -0.3 is 33.3 Å². The standard InChI is InChI=1S/C76H98N4O10/c1-9-13-17-21-23-25-27-31-51-85-65-47-43-61(44-48-65)59-35-39-63(40-36-59)75(81)89-72-55-69(79(7)8)73(88-58(6)34-30-20-16-12-4)53-68(72)78-77-67-54-74(70(80(83)84)56-71(67)87-57(5)33-29-19-15-11-3)90-76(82)64-41-37-60(38-42-64)62-45-49-66(50-46-62)86-52-32-28-26-24-22-18-14-10-2/h9,12,35-50,53-58H,1,4,10-11,13-34,51-52H2,2-3,5-8H3/t57?,58-/m0/s1. The van der Waals surface area contributed by atoms with Gasteiger partial charge in [0.05, 0.1) is 53.2 Å². The second-order valence-corrected chi connectivity index (χ2v) is 23.6. The fraction of sp³-hybridized carbons (Fsp3) is 0.447. The summed E-state index contributed by atoms with van der Waals surface area (Å²) in [6.45, 7) is 17.3.